The van der Waals surface area contributed by atoms with E-state index >= 15 is 0 Å². The molecular formula is C21H27FN4O4. The molecule has 4 atom stereocenters. The number of aromatic nitrogens is 3. The maximum Gasteiger partial charge on any atom is 0.260 e. The van der Waals surface area contributed by atoms with Crippen molar-refractivity contribution in [3.63, 3.8) is 0 Å². The van der Waals surface area contributed by atoms with Crippen LogP contribution in [0.2, 0.25) is 0 Å². The van der Waals surface area contributed by atoms with Gasteiger partial charge in [-0.15, -0.1) is 5.10 Å². The number of fused-ring (bicyclic) bond motifs is 1. The van der Waals surface area contributed by atoms with Crippen molar-refractivity contribution >= 4 is 5.91 Å². The van der Waals surface area contributed by atoms with Gasteiger partial charge in [0.15, 0.2) is 6.61 Å². The summed E-state index contributed by atoms with van der Waals surface area (Å²) in [7, 11) is 3.35. The Morgan fingerprint density at radius 2 is 1.90 bits per heavy atom. The molecule has 162 valence electrons. The number of methoxy groups -OCH3 is 2. The summed E-state index contributed by atoms with van der Waals surface area (Å²) in [4.78, 5) is 14.5. The number of amides is 1. The predicted molar refractivity (Wildman–Crippen MR) is 105 cm³/mol. The van der Waals surface area contributed by atoms with Gasteiger partial charge in [0.25, 0.3) is 5.91 Å². The number of carbonyl (C=O) groups is 1. The zero-order valence-electron chi connectivity index (χ0n) is 17.2. The van der Waals surface area contributed by atoms with Gasteiger partial charge >= 0.3 is 0 Å². The van der Waals surface area contributed by atoms with Crippen molar-refractivity contribution in [3.05, 3.63) is 42.0 Å². The Kier molecular flexibility index (Phi) is 6.29. The summed E-state index contributed by atoms with van der Waals surface area (Å²) in [5, 5.41) is 8.44. The Labute approximate surface area is 174 Å². The van der Waals surface area contributed by atoms with Gasteiger partial charge in [-0.1, -0.05) is 5.21 Å². The second-order valence-electron chi connectivity index (χ2n) is 8.00. The molecule has 1 aromatic heterocycles. The van der Waals surface area contributed by atoms with E-state index in [1.807, 2.05) is 15.8 Å². The van der Waals surface area contributed by atoms with Gasteiger partial charge < -0.3 is 19.1 Å². The van der Waals surface area contributed by atoms with Gasteiger partial charge in [-0.25, -0.2) is 9.07 Å². The molecular weight excluding hydrogens is 391 g/mol. The first-order valence-electron chi connectivity index (χ1n) is 10.2. The zero-order chi connectivity index (χ0) is 21.1. The van der Waals surface area contributed by atoms with Gasteiger partial charge in [-0.05, 0) is 48.9 Å². The van der Waals surface area contributed by atoms with Crippen LogP contribution in [0.15, 0.2) is 30.5 Å². The molecule has 1 saturated carbocycles. The normalized spacial score (nSPS) is 25.9. The lowest BCUT2D eigenvalue weighted by Gasteiger charge is -2.36. The molecule has 0 N–H and O–H groups in total. The lowest BCUT2D eigenvalue weighted by molar-refractivity contribution is -0.132. The molecule has 2 aliphatic rings. The third kappa shape index (κ3) is 4.46. The zero-order valence-corrected chi connectivity index (χ0v) is 17.2. The van der Waals surface area contributed by atoms with Crippen LogP contribution in [0.4, 0.5) is 4.39 Å². The Hall–Kier alpha value is -2.52. The number of hydrogen-bond donors (Lipinski definition) is 0. The average molecular weight is 418 g/mol. The Morgan fingerprint density at radius 3 is 2.60 bits per heavy atom. The molecule has 8 nitrogen and oxygen atoms in total. The number of ether oxygens (including phenoxy) is 3. The number of benzene rings is 1. The highest BCUT2D eigenvalue weighted by Gasteiger charge is 2.44. The first kappa shape index (κ1) is 20.7. The topological polar surface area (TPSA) is 78.7 Å². The van der Waals surface area contributed by atoms with Crippen LogP contribution in [0, 0.1) is 17.7 Å². The fourth-order valence-corrected chi connectivity index (χ4v) is 4.58. The lowest BCUT2D eigenvalue weighted by Crippen LogP contribution is -2.37. The van der Waals surface area contributed by atoms with E-state index in [1.54, 1.807) is 14.2 Å². The largest absolute Gasteiger partial charge is 0.484 e. The first-order valence-corrected chi connectivity index (χ1v) is 10.2. The Balaban J connectivity index is 1.36. The van der Waals surface area contributed by atoms with E-state index < -0.39 is 0 Å². The van der Waals surface area contributed by atoms with E-state index in [1.165, 1.54) is 24.3 Å². The molecule has 0 unspecified atom stereocenters. The van der Waals surface area contributed by atoms with E-state index in [2.05, 4.69) is 10.3 Å². The van der Waals surface area contributed by atoms with Gasteiger partial charge in [0.2, 0.25) is 0 Å². The van der Waals surface area contributed by atoms with Crippen molar-refractivity contribution in [3.8, 4) is 5.75 Å². The smallest absolute Gasteiger partial charge is 0.260 e. The maximum atomic E-state index is 13.0. The molecule has 2 heterocycles. The molecule has 1 amide bonds. The molecule has 4 rings (SSSR count). The van der Waals surface area contributed by atoms with E-state index in [0.29, 0.717) is 37.3 Å². The summed E-state index contributed by atoms with van der Waals surface area (Å²) in [5.74, 6) is 0.872. The summed E-state index contributed by atoms with van der Waals surface area (Å²) in [6.07, 6.45) is 3.68. The monoisotopic (exact) mass is 418 g/mol. The summed E-state index contributed by atoms with van der Waals surface area (Å²) < 4.78 is 31.3. The molecule has 0 bridgehead atoms. The minimum Gasteiger partial charge on any atom is -0.484 e. The molecule has 2 fully saturated rings. The minimum absolute atomic E-state index is 0.0221. The van der Waals surface area contributed by atoms with E-state index in [9.17, 15) is 9.18 Å². The molecule has 2 aromatic rings. The number of halogens is 1. The third-order valence-electron chi connectivity index (χ3n) is 6.11. The average Bonchev–Trinajstić information content (AvgIpc) is 3.39. The van der Waals surface area contributed by atoms with Crippen LogP contribution < -0.4 is 4.74 Å². The van der Waals surface area contributed by atoms with E-state index in [4.69, 9.17) is 14.2 Å². The van der Waals surface area contributed by atoms with Crippen molar-refractivity contribution in [2.75, 3.05) is 33.9 Å². The highest BCUT2D eigenvalue weighted by atomic mass is 19.1. The van der Waals surface area contributed by atoms with Crippen LogP contribution in [0.1, 0.15) is 24.6 Å². The van der Waals surface area contributed by atoms with Gasteiger partial charge in [0.1, 0.15) is 17.3 Å². The van der Waals surface area contributed by atoms with Crippen molar-refractivity contribution in [1.82, 2.24) is 19.9 Å². The van der Waals surface area contributed by atoms with Gasteiger partial charge in [-0.3, -0.25) is 4.79 Å². The van der Waals surface area contributed by atoms with Crippen LogP contribution in [0.3, 0.4) is 0 Å². The number of likely N-dealkylation sites (tertiary alicyclic amines) is 1. The Bertz CT molecular complexity index is 859. The molecule has 0 radical (unpaired) electrons. The maximum absolute atomic E-state index is 13.0. The van der Waals surface area contributed by atoms with E-state index in [-0.39, 0.29) is 30.5 Å². The molecule has 30 heavy (non-hydrogen) atoms. The number of nitrogens with zero attached hydrogens (tertiary/aromatic N) is 4. The number of rotatable bonds is 7. The number of carbonyl (C=O) groups excluding carboxylic acids is 1. The molecule has 1 aliphatic heterocycles. The van der Waals surface area contributed by atoms with E-state index in [0.717, 1.165) is 18.5 Å². The highest BCUT2D eigenvalue weighted by Crippen LogP contribution is 2.42. The van der Waals surface area contributed by atoms with Crippen molar-refractivity contribution in [2.24, 2.45) is 11.8 Å². The first-order chi connectivity index (χ1) is 14.6. The van der Waals surface area contributed by atoms with Gasteiger partial charge in [0.05, 0.1) is 24.9 Å². The summed E-state index contributed by atoms with van der Waals surface area (Å²) >= 11 is 0. The second-order valence-corrected chi connectivity index (χ2v) is 8.00. The second kappa shape index (κ2) is 9.09. The van der Waals surface area contributed by atoms with Crippen LogP contribution in [0.25, 0.3) is 0 Å². The van der Waals surface area contributed by atoms with Gasteiger partial charge in [0, 0.05) is 27.3 Å². The molecule has 0 spiro atoms. The third-order valence-corrected chi connectivity index (χ3v) is 6.11. The van der Waals surface area contributed by atoms with Gasteiger partial charge in [-0.2, -0.15) is 0 Å². The van der Waals surface area contributed by atoms with Crippen LogP contribution in [0.5, 0.6) is 5.75 Å². The summed E-state index contributed by atoms with van der Waals surface area (Å²) in [6, 6.07) is 5.76. The van der Waals surface area contributed by atoms with Crippen LogP contribution in [-0.4, -0.2) is 65.8 Å². The molecule has 9 heteroatoms. The minimum atomic E-state index is -0.332. The predicted octanol–water partition coefficient (Wildman–Crippen LogP) is 2.07. The fourth-order valence-electron chi connectivity index (χ4n) is 4.58. The number of hydrogen-bond acceptors (Lipinski definition) is 6. The van der Waals surface area contributed by atoms with Crippen LogP contribution in [-0.2, 0) is 20.9 Å². The van der Waals surface area contributed by atoms with Crippen LogP contribution >= 0.6 is 0 Å². The molecule has 1 aliphatic carbocycles. The highest BCUT2D eigenvalue weighted by molar-refractivity contribution is 5.78. The SMILES string of the molecule is COCc1cn([C@@H]2C[C@@H]3CN(C(=O)COc4ccc(F)cc4)C[C@@H]3C[C@H]2OC)nn1. The quantitative estimate of drug-likeness (QED) is 0.685. The fraction of sp³-hybridized carbons (Fsp3) is 0.571. The standard InChI is InChI=1S/C21H27FN4O4/c1-28-12-17-11-26(24-23-17)19-7-14-9-25(10-15(14)8-20(19)29-2)21(27)13-30-18-5-3-16(22)4-6-18/h3-6,11,14-15,19-20H,7-10,12-13H2,1-2H3/t14-,15+,19-,20-/m1/s1. The van der Waals surface area contributed by atoms with Crippen molar-refractivity contribution < 1.29 is 23.4 Å². The lowest BCUT2D eigenvalue weighted by atomic mass is 9.77. The Morgan fingerprint density at radius 1 is 1.17 bits per heavy atom. The van der Waals surface area contributed by atoms with Crippen molar-refractivity contribution in [2.45, 2.75) is 31.6 Å². The van der Waals surface area contributed by atoms with Crippen molar-refractivity contribution in [1.29, 1.82) is 0 Å². The molecule has 1 aromatic carbocycles. The summed E-state index contributed by atoms with van der Waals surface area (Å²) in [6.45, 7) is 1.77. The summed E-state index contributed by atoms with van der Waals surface area (Å²) in [5.41, 5.74) is 0.788. The molecule has 1 saturated heterocycles.